The lowest BCUT2D eigenvalue weighted by Crippen LogP contribution is -2.41. The molecule has 0 spiro atoms. The Bertz CT molecular complexity index is 683. The molecule has 3 rings (SSSR count). The van der Waals surface area contributed by atoms with Crippen LogP contribution in [0.4, 0.5) is 4.79 Å². The lowest BCUT2D eigenvalue weighted by Gasteiger charge is -2.32. The summed E-state index contributed by atoms with van der Waals surface area (Å²) in [6, 6.07) is 9.71. The van der Waals surface area contributed by atoms with Crippen LogP contribution in [0.5, 0.6) is 0 Å². The molecule has 0 atom stereocenters. The summed E-state index contributed by atoms with van der Waals surface area (Å²) >= 11 is 0. The molecule has 140 valence electrons. The number of nitrogens with zero attached hydrogens (tertiary/aromatic N) is 1. The molecule has 1 fully saturated rings. The minimum absolute atomic E-state index is 0.282. The summed E-state index contributed by atoms with van der Waals surface area (Å²) in [4.78, 5) is 14.2. The Labute approximate surface area is 156 Å². The molecule has 6 heteroatoms. The van der Waals surface area contributed by atoms with E-state index in [-0.39, 0.29) is 23.9 Å². The standard InChI is InChI=1S/C20H28BNO4/c1-15-11-12-22(18(23)24-14-16-9-7-6-8-10-16)13-17(15)21-25-19(2,3)20(4,5)26-21/h6-10H,11-14H2,1-5H3. The highest BCUT2D eigenvalue weighted by atomic mass is 16.7. The van der Waals surface area contributed by atoms with E-state index < -0.39 is 7.12 Å². The van der Waals surface area contributed by atoms with Crippen molar-refractivity contribution in [1.29, 1.82) is 0 Å². The molecule has 2 aliphatic rings. The Morgan fingerprint density at radius 1 is 1.15 bits per heavy atom. The van der Waals surface area contributed by atoms with E-state index in [1.54, 1.807) is 4.90 Å². The van der Waals surface area contributed by atoms with E-state index in [4.69, 9.17) is 14.0 Å². The first-order chi connectivity index (χ1) is 12.2. The topological polar surface area (TPSA) is 48.0 Å². The fourth-order valence-corrected chi connectivity index (χ4v) is 3.11. The second-order valence-electron chi connectivity index (χ2n) is 8.11. The van der Waals surface area contributed by atoms with Crippen LogP contribution in [0.1, 0.15) is 46.6 Å². The summed E-state index contributed by atoms with van der Waals surface area (Å²) in [5.74, 6) is 0. The third-order valence-corrected chi connectivity index (χ3v) is 5.67. The van der Waals surface area contributed by atoms with Gasteiger partial charge in [0.25, 0.3) is 0 Å². The Morgan fingerprint density at radius 2 is 1.77 bits per heavy atom. The largest absolute Gasteiger partial charge is 0.492 e. The van der Waals surface area contributed by atoms with Crippen LogP contribution in [0.15, 0.2) is 41.4 Å². The van der Waals surface area contributed by atoms with Gasteiger partial charge in [-0.3, -0.25) is 0 Å². The second-order valence-corrected chi connectivity index (χ2v) is 8.11. The maximum absolute atomic E-state index is 12.5. The molecule has 5 nitrogen and oxygen atoms in total. The first-order valence-corrected chi connectivity index (χ1v) is 9.19. The van der Waals surface area contributed by atoms with Crippen LogP contribution in [-0.2, 0) is 20.7 Å². The molecule has 1 saturated heterocycles. The van der Waals surface area contributed by atoms with Crippen molar-refractivity contribution in [3.05, 3.63) is 46.9 Å². The minimum Gasteiger partial charge on any atom is -0.445 e. The monoisotopic (exact) mass is 357 g/mol. The molecule has 0 radical (unpaired) electrons. The van der Waals surface area contributed by atoms with Crippen molar-refractivity contribution in [2.45, 2.75) is 58.8 Å². The summed E-state index contributed by atoms with van der Waals surface area (Å²) in [5, 5.41) is 0. The van der Waals surface area contributed by atoms with Gasteiger partial charge in [0.2, 0.25) is 0 Å². The molecular formula is C20H28BNO4. The average Bonchev–Trinajstić information content (AvgIpc) is 2.81. The van der Waals surface area contributed by atoms with E-state index in [1.807, 2.05) is 58.0 Å². The third kappa shape index (κ3) is 3.81. The molecule has 1 aromatic rings. The number of amides is 1. The highest BCUT2D eigenvalue weighted by molar-refractivity contribution is 6.55. The van der Waals surface area contributed by atoms with Crippen molar-refractivity contribution in [1.82, 2.24) is 4.90 Å². The number of carbonyl (C=O) groups excluding carboxylic acids is 1. The van der Waals surface area contributed by atoms with Gasteiger partial charge < -0.3 is 18.9 Å². The number of rotatable bonds is 3. The van der Waals surface area contributed by atoms with Crippen LogP contribution in [0.3, 0.4) is 0 Å². The predicted octanol–water partition coefficient (Wildman–Crippen LogP) is 3.98. The van der Waals surface area contributed by atoms with E-state index in [1.165, 1.54) is 5.57 Å². The summed E-state index contributed by atoms with van der Waals surface area (Å²) in [6.07, 6.45) is 0.509. The number of carbonyl (C=O) groups is 1. The van der Waals surface area contributed by atoms with E-state index >= 15 is 0 Å². The fraction of sp³-hybridized carbons (Fsp3) is 0.550. The molecule has 0 saturated carbocycles. The maximum atomic E-state index is 12.5. The van der Waals surface area contributed by atoms with Crippen LogP contribution in [0.2, 0.25) is 0 Å². The number of benzene rings is 1. The van der Waals surface area contributed by atoms with Gasteiger partial charge in [-0.25, -0.2) is 4.79 Å². The lowest BCUT2D eigenvalue weighted by atomic mass is 9.73. The zero-order valence-corrected chi connectivity index (χ0v) is 16.4. The van der Waals surface area contributed by atoms with Gasteiger partial charge >= 0.3 is 13.2 Å². The van der Waals surface area contributed by atoms with Crippen molar-refractivity contribution >= 4 is 13.2 Å². The molecule has 0 bridgehead atoms. The SMILES string of the molecule is CC1=C(B2OC(C)(C)C(C)(C)O2)CN(C(=O)OCc2ccccc2)CC1. The van der Waals surface area contributed by atoms with Crippen LogP contribution in [-0.4, -0.2) is 42.4 Å². The molecule has 2 aliphatic heterocycles. The maximum Gasteiger partial charge on any atom is 0.492 e. The van der Waals surface area contributed by atoms with Gasteiger partial charge in [0.1, 0.15) is 6.61 Å². The summed E-state index contributed by atoms with van der Waals surface area (Å²) in [5.41, 5.74) is 2.47. The van der Waals surface area contributed by atoms with Gasteiger partial charge in [-0.05, 0) is 52.1 Å². The summed E-state index contributed by atoms with van der Waals surface area (Å²) < 4.78 is 17.8. The Morgan fingerprint density at radius 3 is 2.38 bits per heavy atom. The van der Waals surface area contributed by atoms with Crippen LogP contribution in [0.25, 0.3) is 0 Å². The first-order valence-electron chi connectivity index (χ1n) is 9.19. The lowest BCUT2D eigenvalue weighted by molar-refractivity contribution is 0.00578. The highest BCUT2D eigenvalue weighted by Gasteiger charge is 2.53. The van der Waals surface area contributed by atoms with E-state index in [0.29, 0.717) is 13.1 Å². The van der Waals surface area contributed by atoms with E-state index in [9.17, 15) is 4.79 Å². The third-order valence-electron chi connectivity index (χ3n) is 5.67. The van der Waals surface area contributed by atoms with Crippen LogP contribution < -0.4 is 0 Å². The fourth-order valence-electron chi connectivity index (χ4n) is 3.11. The summed E-state index contributed by atoms with van der Waals surface area (Å²) in [7, 11) is -0.412. The number of hydrogen-bond donors (Lipinski definition) is 0. The van der Waals surface area contributed by atoms with E-state index in [2.05, 4.69) is 6.92 Å². The van der Waals surface area contributed by atoms with Crippen molar-refractivity contribution in [2.75, 3.05) is 13.1 Å². The van der Waals surface area contributed by atoms with Gasteiger partial charge in [0.05, 0.1) is 11.2 Å². The first kappa shape index (κ1) is 19.0. The van der Waals surface area contributed by atoms with Gasteiger partial charge in [0, 0.05) is 13.1 Å². The quantitative estimate of drug-likeness (QED) is 0.768. The van der Waals surface area contributed by atoms with Crippen molar-refractivity contribution in [2.24, 2.45) is 0 Å². The molecule has 1 aromatic carbocycles. The second kappa shape index (κ2) is 7.08. The molecule has 0 unspecified atom stereocenters. The Balaban J connectivity index is 1.64. The zero-order valence-electron chi connectivity index (χ0n) is 16.4. The normalized spacial score (nSPS) is 21.9. The Kier molecular flexibility index (Phi) is 5.17. The van der Waals surface area contributed by atoms with Crippen LogP contribution >= 0.6 is 0 Å². The van der Waals surface area contributed by atoms with Crippen molar-refractivity contribution in [3.63, 3.8) is 0 Å². The van der Waals surface area contributed by atoms with E-state index in [0.717, 1.165) is 17.5 Å². The van der Waals surface area contributed by atoms with Gasteiger partial charge in [-0.15, -0.1) is 0 Å². The molecule has 0 aliphatic carbocycles. The zero-order chi connectivity index (χ0) is 18.9. The van der Waals surface area contributed by atoms with Gasteiger partial charge in [-0.1, -0.05) is 35.9 Å². The van der Waals surface area contributed by atoms with Gasteiger partial charge in [-0.2, -0.15) is 0 Å². The smallest absolute Gasteiger partial charge is 0.445 e. The van der Waals surface area contributed by atoms with Crippen LogP contribution in [0, 0.1) is 0 Å². The molecule has 0 aromatic heterocycles. The van der Waals surface area contributed by atoms with Crippen molar-refractivity contribution in [3.8, 4) is 0 Å². The minimum atomic E-state index is -0.412. The average molecular weight is 357 g/mol. The van der Waals surface area contributed by atoms with Crippen molar-refractivity contribution < 1.29 is 18.8 Å². The predicted molar refractivity (Wildman–Crippen MR) is 102 cm³/mol. The number of ether oxygens (including phenoxy) is 1. The highest BCUT2D eigenvalue weighted by Crippen LogP contribution is 2.40. The number of hydrogen-bond acceptors (Lipinski definition) is 4. The van der Waals surface area contributed by atoms with Gasteiger partial charge in [0.15, 0.2) is 0 Å². The molecule has 0 N–H and O–H groups in total. The molecule has 26 heavy (non-hydrogen) atoms. The molecule has 1 amide bonds. The summed E-state index contributed by atoms with van der Waals surface area (Å²) in [6.45, 7) is 11.7. The molecular weight excluding hydrogens is 329 g/mol. The Hall–Kier alpha value is -1.79. The molecule has 2 heterocycles.